The maximum Gasteiger partial charge on any atom is 0.317 e. The van der Waals surface area contributed by atoms with Gasteiger partial charge in [-0.05, 0) is 56.0 Å². The number of benzene rings is 1. The molecule has 4 amide bonds. The second kappa shape index (κ2) is 11.7. The number of amides is 4. The molecule has 0 unspecified atom stereocenters. The van der Waals surface area contributed by atoms with Crippen molar-refractivity contribution in [2.24, 2.45) is 0 Å². The minimum atomic E-state index is -0.217. The maximum atomic E-state index is 12.6. The van der Waals surface area contributed by atoms with E-state index in [2.05, 4.69) is 15.5 Å². The lowest BCUT2D eigenvalue weighted by Gasteiger charge is -2.36. The molecule has 9 heteroatoms. The summed E-state index contributed by atoms with van der Waals surface area (Å²) in [7, 11) is 0. The van der Waals surface area contributed by atoms with Gasteiger partial charge in [-0.25, -0.2) is 4.79 Å². The molecular formula is C24H33N5O3S. The fourth-order valence-electron chi connectivity index (χ4n) is 3.71. The average Bonchev–Trinajstić information content (AvgIpc) is 3.33. The molecule has 33 heavy (non-hydrogen) atoms. The highest BCUT2D eigenvalue weighted by molar-refractivity contribution is 7.12. The summed E-state index contributed by atoms with van der Waals surface area (Å²) in [5, 5.41) is 7.69. The molecule has 2 heterocycles. The van der Waals surface area contributed by atoms with E-state index in [0.717, 1.165) is 25.2 Å². The lowest BCUT2D eigenvalue weighted by Crippen LogP contribution is -2.52. The van der Waals surface area contributed by atoms with Crippen molar-refractivity contribution in [3.05, 3.63) is 46.7 Å². The van der Waals surface area contributed by atoms with Gasteiger partial charge in [0, 0.05) is 50.1 Å². The Morgan fingerprint density at radius 1 is 1.06 bits per heavy atom. The van der Waals surface area contributed by atoms with Crippen LogP contribution in [0.15, 0.2) is 41.8 Å². The highest BCUT2D eigenvalue weighted by Gasteiger charge is 2.22. The molecule has 0 atom stereocenters. The molecule has 3 rings (SSSR count). The smallest absolute Gasteiger partial charge is 0.317 e. The number of nitrogens with zero attached hydrogens (tertiary/aromatic N) is 3. The Labute approximate surface area is 199 Å². The predicted octanol–water partition coefficient (Wildman–Crippen LogP) is 3.48. The molecule has 178 valence electrons. The minimum Gasteiger partial charge on any atom is -0.368 e. The van der Waals surface area contributed by atoms with Crippen LogP contribution in [0.25, 0.3) is 0 Å². The van der Waals surface area contributed by atoms with E-state index in [1.807, 2.05) is 61.4 Å². The number of anilines is 2. The first kappa shape index (κ1) is 24.6. The molecule has 0 aliphatic carbocycles. The van der Waals surface area contributed by atoms with Crippen molar-refractivity contribution in [3.63, 3.8) is 0 Å². The van der Waals surface area contributed by atoms with Crippen LogP contribution in [-0.2, 0) is 4.79 Å². The normalized spacial score (nSPS) is 13.7. The van der Waals surface area contributed by atoms with Gasteiger partial charge in [0.25, 0.3) is 5.91 Å². The Hall–Kier alpha value is -3.07. The maximum absolute atomic E-state index is 12.6. The molecule has 1 saturated heterocycles. The molecule has 0 spiro atoms. The van der Waals surface area contributed by atoms with Crippen LogP contribution >= 0.6 is 11.3 Å². The van der Waals surface area contributed by atoms with E-state index in [0.29, 0.717) is 30.2 Å². The Kier molecular flexibility index (Phi) is 8.71. The molecule has 8 nitrogen and oxygen atoms in total. The van der Waals surface area contributed by atoms with Crippen LogP contribution in [0.5, 0.6) is 0 Å². The van der Waals surface area contributed by atoms with E-state index in [-0.39, 0.29) is 30.4 Å². The molecule has 1 aromatic carbocycles. The fraction of sp³-hybridized carbons (Fsp3) is 0.458. The van der Waals surface area contributed by atoms with E-state index in [4.69, 9.17) is 0 Å². The van der Waals surface area contributed by atoms with E-state index in [1.165, 1.54) is 11.3 Å². The fourth-order valence-corrected chi connectivity index (χ4v) is 4.40. The largest absolute Gasteiger partial charge is 0.368 e. The number of rotatable bonds is 8. The quantitative estimate of drug-likeness (QED) is 0.617. The third-order valence-corrected chi connectivity index (χ3v) is 6.20. The van der Waals surface area contributed by atoms with Crippen molar-refractivity contribution in [1.29, 1.82) is 0 Å². The van der Waals surface area contributed by atoms with Crippen LogP contribution < -0.4 is 15.5 Å². The van der Waals surface area contributed by atoms with Crippen molar-refractivity contribution in [2.45, 2.75) is 33.2 Å². The molecule has 1 aromatic heterocycles. The molecule has 2 N–H and O–H groups in total. The SMILES string of the molecule is CCCN(CC(=O)Nc1ccc(N2CCN(C(=O)NC(C)C)CC2)cc1)C(=O)c1cccs1. The summed E-state index contributed by atoms with van der Waals surface area (Å²) in [5.41, 5.74) is 1.75. The first-order valence-corrected chi connectivity index (χ1v) is 12.3. The molecule has 1 aliphatic rings. The summed E-state index contributed by atoms with van der Waals surface area (Å²) in [6.07, 6.45) is 0.783. The second-order valence-corrected chi connectivity index (χ2v) is 9.33. The molecule has 0 radical (unpaired) electrons. The monoisotopic (exact) mass is 471 g/mol. The average molecular weight is 472 g/mol. The van der Waals surface area contributed by atoms with Gasteiger partial charge in [-0.3, -0.25) is 9.59 Å². The third-order valence-electron chi connectivity index (χ3n) is 5.34. The van der Waals surface area contributed by atoms with Crippen molar-refractivity contribution in [3.8, 4) is 0 Å². The highest BCUT2D eigenvalue weighted by Crippen LogP contribution is 2.20. The Morgan fingerprint density at radius 2 is 1.76 bits per heavy atom. The van der Waals surface area contributed by atoms with Gasteiger partial charge in [-0.1, -0.05) is 13.0 Å². The highest BCUT2D eigenvalue weighted by atomic mass is 32.1. The summed E-state index contributed by atoms with van der Waals surface area (Å²) in [6, 6.07) is 11.4. The Balaban J connectivity index is 1.51. The summed E-state index contributed by atoms with van der Waals surface area (Å²) in [6.45, 7) is 9.31. The number of thiophene rings is 1. The van der Waals surface area contributed by atoms with Gasteiger partial charge in [0.05, 0.1) is 4.88 Å². The molecule has 0 saturated carbocycles. The van der Waals surface area contributed by atoms with Crippen LogP contribution in [-0.4, -0.2) is 73.0 Å². The molecule has 1 fully saturated rings. The first-order chi connectivity index (χ1) is 15.9. The topological polar surface area (TPSA) is 85.0 Å². The van der Waals surface area contributed by atoms with Crippen LogP contribution in [0.3, 0.4) is 0 Å². The van der Waals surface area contributed by atoms with Crippen LogP contribution in [0, 0.1) is 0 Å². The second-order valence-electron chi connectivity index (χ2n) is 8.38. The summed E-state index contributed by atoms with van der Waals surface area (Å²) < 4.78 is 0. The van der Waals surface area contributed by atoms with Gasteiger partial charge in [0.2, 0.25) is 5.91 Å². The van der Waals surface area contributed by atoms with Gasteiger partial charge in [-0.15, -0.1) is 11.3 Å². The van der Waals surface area contributed by atoms with Crippen LogP contribution in [0.4, 0.5) is 16.2 Å². The van der Waals surface area contributed by atoms with Crippen molar-refractivity contribution in [1.82, 2.24) is 15.1 Å². The van der Waals surface area contributed by atoms with E-state index >= 15 is 0 Å². The van der Waals surface area contributed by atoms with Gasteiger partial charge in [0.1, 0.15) is 6.54 Å². The summed E-state index contributed by atoms with van der Waals surface area (Å²) in [4.78, 5) is 43.7. The number of hydrogen-bond donors (Lipinski definition) is 2. The lowest BCUT2D eigenvalue weighted by atomic mass is 10.2. The number of carbonyl (C=O) groups is 3. The minimum absolute atomic E-state index is 0.0163. The zero-order valence-electron chi connectivity index (χ0n) is 19.5. The number of carbonyl (C=O) groups excluding carboxylic acids is 3. The summed E-state index contributed by atoms with van der Waals surface area (Å²) >= 11 is 1.38. The number of hydrogen-bond acceptors (Lipinski definition) is 5. The molecule has 0 bridgehead atoms. The van der Waals surface area contributed by atoms with Crippen LogP contribution in [0.1, 0.15) is 36.9 Å². The third kappa shape index (κ3) is 6.95. The van der Waals surface area contributed by atoms with Crippen molar-refractivity contribution >= 4 is 40.6 Å². The predicted molar refractivity (Wildman–Crippen MR) is 133 cm³/mol. The number of piperazine rings is 1. The zero-order valence-corrected chi connectivity index (χ0v) is 20.4. The Morgan fingerprint density at radius 3 is 2.33 bits per heavy atom. The van der Waals surface area contributed by atoms with Gasteiger partial charge < -0.3 is 25.3 Å². The van der Waals surface area contributed by atoms with E-state index in [9.17, 15) is 14.4 Å². The van der Waals surface area contributed by atoms with Gasteiger partial charge in [0.15, 0.2) is 0 Å². The molecular weight excluding hydrogens is 438 g/mol. The van der Waals surface area contributed by atoms with Gasteiger partial charge >= 0.3 is 6.03 Å². The Bertz CT molecular complexity index is 922. The van der Waals surface area contributed by atoms with Gasteiger partial charge in [-0.2, -0.15) is 0 Å². The zero-order chi connectivity index (χ0) is 23.8. The summed E-state index contributed by atoms with van der Waals surface area (Å²) in [5.74, 6) is -0.329. The van der Waals surface area contributed by atoms with Crippen LogP contribution in [0.2, 0.25) is 0 Å². The first-order valence-electron chi connectivity index (χ1n) is 11.4. The standard InChI is InChI=1S/C24H33N5O3S/c1-4-11-29(23(31)21-6-5-16-33-21)17-22(30)26-19-7-9-20(10-8-19)27-12-14-28(15-13-27)24(32)25-18(2)3/h5-10,16,18H,4,11-15,17H2,1-3H3,(H,25,32)(H,26,30). The molecule has 1 aliphatic heterocycles. The number of nitrogens with one attached hydrogen (secondary N) is 2. The van der Waals surface area contributed by atoms with Crippen molar-refractivity contribution < 1.29 is 14.4 Å². The lowest BCUT2D eigenvalue weighted by molar-refractivity contribution is -0.116. The molecule has 2 aromatic rings. The number of urea groups is 1. The van der Waals surface area contributed by atoms with E-state index in [1.54, 1.807) is 11.0 Å². The van der Waals surface area contributed by atoms with E-state index < -0.39 is 0 Å². The van der Waals surface area contributed by atoms with Crippen molar-refractivity contribution in [2.75, 3.05) is 49.5 Å².